The average molecular weight is 457 g/mol. The molecule has 7 nitrogen and oxygen atoms in total. The van der Waals surface area contributed by atoms with E-state index >= 15 is 0 Å². The molecule has 0 saturated heterocycles. The fourth-order valence-corrected chi connectivity index (χ4v) is 2.92. The van der Waals surface area contributed by atoms with E-state index in [0.717, 1.165) is 5.56 Å². The summed E-state index contributed by atoms with van der Waals surface area (Å²) in [5.41, 5.74) is 0.0166. The van der Waals surface area contributed by atoms with Crippen molar-refractivity contribution in [1.82, 2.24) is 19.6 Å². The molecule has 0 radical (unpaired) electrons. The van der Waals surface area contributed by atoms with Crippen LogP contribution in [-0.2, 0) is 11.3 Å². The van der Waals surface area contributed by atoms with Crippen molar-refractivity contribution in [2.24, 2.45) is 0 Å². The molecule has 0 spiro atoms. The Morgan fingerprint density at radius 3 is 2.67 bits per heavy atom. The zero-order valence-corrected chi connectivity index (χ0v) is 17.1. The van der Waals surface area contributed by atoms with E-state index in [1.54, 1.807) is 45.3 Å². The van der Waals surface area contributed by atoms with E-state index in [1.165, 1.54) is 15.6 Å². The highest BCUT2D eigenvalue weighted by atomic mass is 79.9. The molecule has 0 aliphatic heterocycles. The molecule has 0 aliphatic rings. The van der Waals surface area contributed by atoms with Gasteiger partial charge in [-0.25, -0.2) is 13.7 Å². The molecule has 3 heterocycles. The second kappa shape index (κ2) is 7.40. The SMILES string of the molecule is CC(C)(C)OC(=O)N(Cc1ccncc1)c1nc(Cl)nn2cc(Br)c(F)c12. The van der Waals surface area contributed by atoms with Crippen molar-refractivity contribution in [2.75, 3.05) is 4.90 Å². The summed E-state index contributed by atoms with van der Waals surface area (Å²) >= 11 is 9.12. The first-order valence-corrected chi connectivity index (χ1v) is 9.12. The van der Waals surface area contributed by atoms with Crippen LogP contribution in [0.15, 0.2) is 35.2 Å². The summed E-state index contributed by atoms with van der Waals surface area (Å²) in [5, 5.41) is 3.82. The van der Waals surface area contributed by atoms with Gasteiger partial charge < -0.3 is 4.74 Å². The molecular weight excluding hydrogens is 441 g/mol. The van der Waals surface area contributed by atoms with Crippen LogP contribution in [0, 0.1) is 5.82 Å². The van der Waals surface area contributed by atoms with Gasteiger partial charge in [0, 0.05) is 18.6 Å². The van der Waals surface area contributed by atoms with Crippen molar-refractivity contribution in [3.05, 3.63) is 51.9 Å². The van der Waals surface area contributed by atoms with Gasteiger partial charge in [0.15, 0.2) is 11.6 Å². The molecule has 0 bridgehead atoms. The maximum atomic E-state index is 14.7. The number of fused-ring (bicyclic) bond motifs is 1. The number of hydrogen-bond acceptors (Lipinski definition) is 5. The van der Waals surface area contributed by atoms with Crippen LogP contribution < -0.4 is 4.90 Å². The van der Waals surface area contributed by atoms with E-state index in [4.69, 9.17) is 16.3 Å². The fraction of sp³-hybridized carbons (Fsp3) is 0.294. The van der Waals surface area contributed by atoms with Gasteiger partial charge in [-0.1, -0.05) is 0 Å². The Balaban J connectivity index is 2.15. The van der Waals surface area contributed by atoms with Gasteiger partial charge in [0.1, 0.15) is 11.1 Å². The zero-order valence-electron chi connectivity index (χ0n) is 14.8. The second-order valence-electron chi connectivity index (χ2n) is 6.71. The van der Waals surface area contributed by atoms with E-state index < -0.39 is 17.5 Å². The number of anilines is 1. The monoisotopic (exact) mass is 455 g/mol. The normalized spacial score (nSPS) is 11.6. The van der Waals surface area contributed by atoms with Crippen molar-refractivity contribution < 1.29 is 13.9 Å². The number of amides is 1. The van der Waals surface area contributed by atoms with Crippen molar-refractivity contribution in [1.29, 1.82) is 0 Å². The van der Waals surface area contributed by atoms with Gasteiger partial charge in [-0.2, -0.15) is 4.98 Å². The summed E-state index contributed by atoms with van der Waals surface area (Å²) in [6, 6.07) is 3.48. The number of carbonyl (C=O) groups excluding carboxylic acids is 1. The third-order valence-electron chi connectivity index (χ3n) is 3.44. The molecule has 0 unspecified atom stereocenters. The van der Waals surface area contributed by atoms with E-state index in [9.17, 15) is 9.18 Å². The number of pyridine rings is 1. The van der Waals surface area contributed by atoms with Gasteiger partial charge in [-0.3, -0.25) is 9.88 Å². The minimum atomic E-state index is -0.748. The number of hydrogen-bond donors (Lipinski definition) is 0. The Morgan fingerprint density at radius 2 is 2.04 bits per heavy atom. The Kier molecular flexibility index (Phi) is 5.34. The maximum Gasteiger partial charge on any atom is 0.416 e. The molecule has 0 atom stereocenters. The lowest BCUT2D eigenvalue weighted by molar-refractivity contribution is 0.0576. The first-order valence-electron chi connectivity index (χ1n) is 7.95. The summed E-state index contributed by atoms with van der Waals surface area (Å²) in [6.45, 7) is 5.31. The molecule has 0 aliphatic carbocycles. The standard InChI is InChI=1S/C17H16BrClFN5O2/c1-17(2,3)27-16(26)24(8-10-4-6-21-7-5-10)14-13-12(20)11(18)9-25(13)23-15(19)22-14/h4-7,9H,8H2,1-3H3. The van der Waals surface area contributed by atoms with Crippen molar-refractivity contribution in [3.63, 3.8) is 0 Å². The number of halogens is 3. The molecular formula is C17H16BrClFN5O2. The van der Waals surface area contributed by atoms with Crippen molar-refractivity contribution in [2.45, 2.75) is 32.9 Å². The lowest BCUT2D eigenvalue weighted by Gasteiger charge is -2.27. The topological polar surface area (TPSA) is 72.6 Å². The third kappa shape index (κ3) is 4.36. The first-order chi connectivity index (χ1) is 12.7. The summed E-state index contributed by atoms with van der Waals surface area (Å²) in [7, 11) is 0. The van der Waals surface area contributed by atoms with Gasteiger partial charge in [0.2, 0.25) is 5.28 Å². The lowest BCUT2D eigenvalue weighted by Crippen LogP contribution is -2.37. The highest BCUT2D eigenvalue weighted by molar-refractivity contribution is 9.10. The number of aromatic nitrogens is 4. The van der Waals surface area contributed by atoms with Gasteiger partial charge in [0.25, 0.3) is 0 Å². The second-order valence-corrected chi connectivity index (χ2v) is 7.90. The zero-order chi connectivity index (χ0) is 19.8. The third-order valence-corrected chi connectivity index (χ3v) is 4.16. The molecule has 1 amide bonds. The van der Waals surface area contributed by atoms with Crippen LogP contribution in [0.1, 0.15) is 26.3 Å². The summed E-state index contributed by atoms with van der Waals surface area (Å²) < 4.78 is 21.6. The minimum absolute atomic E-state index is 0.00395. The quantitative estimate of drug-likeness (QED) is 0.575. The molecule has 0 N–H and O–H groups in total. The Bertz CT molecular complexity index is 990. The molecule has 142 valence electrons. The molecule has 3 rings (SSSR count). The molecule has 10 heteroatoms. The van der Waals surface area contributed by atoms with Crippen LogP contribution in [0.3, 0.4) is 0 Å². The highest BCUT2D eigenvalue weighted by Crippen LogP contribution is 2.30. The van der Waals surface area contributed by atoms with Crippen LogP contribution in [-0.4, -0.2) is 31.3 Å². The largest absolute Gasteiger partial charge is 0.443 e. The van der Waals surface area contributed by atoms with E-state index in [-0.39, 0.29) is 27.6 Å². The van der Waals surface area contributed by atoms with Crippen LogP contribution in [0.4, 0.5) is 15.0 Å². The Hall–Kier alpha value is -2.26. The van der Waals surface area contributed by atoms with E-state index in [1.807, 2.05) is 0 Å². The fourth-order valence-electron chi connectivity index (χ4n) is 2.38. The smallest absolute Gasteiger partial charge is 0.416 e. The average Bonchev–Trinajstić information content (AvgIpc) is 2.85. The molecule has 3 aromatic heterocycles. The first kappa shape index (κ1) is 19.5. The summed E-state index contributed by atoms with van der Waals surface area (Å²) in [6.07, 6.45) is 3.91. The molecule has 27 heavy (non-hydrogen) atoms. The van der Waals surface area contributed by atoms with Crippen LogP contribution in [0.2, 0.25) is 5.28 Å². The van der Waals surface area contributed by atoms with Crippen LogP contribution >= 0.6 is 27.5 Å². The van der Waals surface area contributed by atoms with E-state index in [0.29, 0.717) is 0 Å². The molecule has 3 aromatic rings. The predicted molar refractivity (Wildman–Crippen MR) is 102 cm³/mol. The Morgan fingerprint density at radius 1 is 1.37 bits per heavy atom. The maximum absolute atomic E-state index is 14.7. The summed E-state index contributed by atoms with van der Waals surface area (Å²) in [5.74, 6) is -0.603. The van der Waals surface area contributed by atoms with Crippen LogP contribution in [0.5, 0.6) is 0 Å². The van der Waals surface area contributed by atoms with Gasteiger partial charge in [0.05, 0.1) is 11.0 Å². The predicted octanol–water partition coefficient (Wildman–Crippen LogP) is 4.62. The number of rotatable bonds is 3. The van der Waals surface area contributed by atoms with Gasteiger partial charge >= 0.3 is 6.09 Å². The van der Waals surface area contributed by atoms with Crippen molar-refractivity contribution in [3.8, 4) is 0 Å². The van der Waals surface area contributed by atoms with Gasteiger partial charge in [-0.15, -0.1) is 5.10 Å². The lowest BCUT2D eigenvalue weighted by atomic mass is 10.2. The highest BCUT2D eigenvalue weighted by Gasteiger charge is 2.29. The number of nitrogens with zero attached hydrogens (tertiary/aromatic N) is 5. The van der Waals surface area contributed by atoms with E-state index in [2.05, 4.69) is 31.0 Å². The number of ether oxygens (including phenoxy) is 1. The minimum Gasteiger partial charge on any atom is -0.443 e. The number of carbonyl (C=O) groups is 1. The molecule has 0 aromatic carbocycles. The van der Waals surface area contributed by atoms with Gasteiger partial charge in [-0.05, 0) is 66.0 Å². The summed E-state index contributed by atoms with van der Waals surface area (Å²) in [4.78, 5) is 22.2. The molecule has 0 saturated carbocycles. The molecule has 0 fully saturated rings. The Labute approximate surface area is 168 Å². The van der Waals surface area contributed by atoms with Crippen LogP contribution in [0.25, 0.3) is 5.52 Å². The van der Waals surface area contributed by atoms with Crippen molar-refractivity contribution >= 4 is 45.0 Å².